The fourth-order valence-electron chi connectivity index (χ4n) is 5.52. The smallest absolute Gasteiger partial charge is 0.172 e. The summed E-state index contributed by atoms with van der Waals surface area (Å²) in [4.78, 5) is 4.80. The summed E-state index contributed by atoms with van der Waals surface area (Å²) in [7, 11) is -3.15. The SMILES string of the molecule is O=P1(c2ccccc2)c2ccccc2-c2c(c3cccnc3c3ccccc23)-c2ccccc21. The molecule has 1 unspecified atom stereocenters. The van der Waals surface area contributed by atoms with Crippen LogP contribution in [0.4, 0.5) is 0 Å². The lowest BCUT2D eigenvalue weighted by Crippen LogP contribution is -2.26. The predicted molar refractivity (Wildman–Crippen MR) is 143 cm³/mol. The first kappa shape index (κ1) is 19.5. The third-order valence-corrected chi connectivity index (χ3v) is 10.1. The van der Waals surface area contributed by atoms with E-state index in [1.54, 1.807) is 0 Å². The zero-order chi connectivity index (χ0) is 22.7. The number of benzene rings is 5. The lowest BCUT2D eigenvalue weighted by Gasteiger charge is -2.22. The topological polar surface area (TPSA) is 30.0 Å². The van der Waals surface area contributed by atoms with E-state index in [0.29, 0.717) is 0 Å². The number of nitrogens with zero attached hydrogens (tertiary/aromatic N) is 1. The molecular formula is C31H20NOP. The van der Waals surface area contributed by atoms with Crippen molar-refractivity contribution >= 4 is 44.7 Å². The molecule has 0 saturated carbocycles. The molecule has 1 atom stereocenters. The summed E-state index contributed by atoms with van der Waals surface area (Å²) < 4.78 is 15.4. The summed E-state index contributed by atoms with van der Waals surface area (Å²) in [5, 5.41) is 5.95. The summed E-state index contributed by atoms with van der Waals surface area (Å²) in [6, 6.07) is 39.0. The number of hydrogen-bond acceptors (Lipinski definition) is 2. The van der Waals surface area contributed by atoms with E-state index in [4.69, 9.17) is 4.98 Å². The first-order chi connectivity index (χ1) is 16.8. The van der Waals surface area contributed by atoms with Gasteiger partial charge < -0.3 is 4.57 Å². The summed E-state index contributed by atoms with van der Waals surface area (Å²) >= 11 is 0. The molecule has 3 heteroatoms. The minimum atomic E-state index is -3.15. The van der Waals surface area contributed by atoms with Crippen LogP contribution in [0.5, 0.6) is 0 Å². The van der Waals surface area contributed by atoms with Gasteiger partial charge in [0.15, 0.2) is 7.14 Å². The molecule has 0 radical (unpaired) electrons. The van der Waals surface area contributed by atoms with Crippen molar-refractivity contribution in [3.05, 3.63) is 121 Å². The standard InChI is InChI=1S/C31H20NOP/c33-34(21-11-2-1-3-12-21)27-18-8-6-15-24(27)29-22-13-4-5-14-23(22)31-26(17-10-20-32-31)30(29)25-16-7-9-19-28(25)34/h1-20H. The van der Waals surface area contributed by atoms with Crippen LogP contribution in [0, 0.1) is 0 Å². The molecule has 2 heterocycles. The summed E-state index contributed by atoms with van der Waals surface area (Å²) in [5.41, 5.74) is 5.26. The van der Waals surface area contributed by atoms with Crippen molar-refractivity contribution in [3.8, 4) is 22.3 Å². The zero-order valence-electron chi connectivity index (χ0n) is 18.3. The Bertz CT molecular complexity index is 1680. The van der Waals surface area contributed by atoms with Crippen LogP contribution < -0.4 is 15.9 Å². The molecule has 2 nitrogen and oxygen atoms in total. The highest BCUT2D eigenvalue weighted by Gasteiger charge is 2.38. The second kappa shape index (κ2) is 7.25. The van der Waals surface area contributed by atoms with E-state index in [1.807, 2.05) is 66.9 Å². The fraction of sp³-hybridized carbons (Fsp3) is 0. The maximum Gasteiger partial charge on any atom is 0.172 e. The highest BCUT2D eigenvalue weighted by Crippen LogP contribution is 2.54. The number of rotatable bonds is 1. The molecular weight excluding hydrogens is 433 g/mol. The fourth-order valence-corrected chi connectivity index (χ4v) is 8.57. The number of pyridine rings is 1. The molecule has 6 aromatic rings. The third kappa shape index (κ3) is 2.52. The van der Waals surface area contributed by atoms with E-state index in [-0.39, 0.29) is 0 Å². The summed E-state index contributed by atoms with van der Waals surface area (Å²) in [5.74, 6) is 0. The molecule has 1 aliphatic rings. The molecule has 0 N–H and O–H groups in total. The van der Waals surface area contributed by atoms with E-state index < -0.39 is 7.14 Å². The molecule has 0 amide bonds. The first-order valence-corrected chi connectivity index (χ1v) is 13.1. The average Bonchev–Trinajstić information content (AvgIpc) is 3.02. The average molecular weight is 453 g/mol. The lowest BCUT2D eigenvalue weighted by atomic mass is 9.86. The Morgan fingerprint density at radius 1 is 0.500 bits per heavy atom. The molecule has 5 aromatic carbocycles. The van der Waals surface area contributed by atoms with Gasteiger partial charge in [0.1, 0.15) is 0 Å². The molecule has 0 fully saturated rings. The van der Waals surface area contributed by atoms with Gasteiger partial charge in [-0.2, -0.15) is 0 Å². The van der Waals surface area contributed by atoms with Crippen LogP contribution in [0.1, 0.15) is 0 Å². The zero-order valence-corrected chi connectivity index (χ0v) is 19.2. The molecule has 160 valence electrons. The van der Waals surface area contributed by atoms with Crippen molar-refractivity contribution in [3.63, 3.8) is 0 Å². The second-order valence-electron chi connectivity index (χ2n) is 8.67. The molecule has 0 saturated heterocycles. The van der Waals surface area contributed by atoms with Gasteiger partial charge in [-0.05, 0) is 28.1 Å². The quantitative estimate of drug-likeness (QED) is 0.205. The highest BCUT2D eigenvalue weighted by atomic mass is 31.2. The van der Waals surface area contributed by atoms with Crippen LogP contribution in [0.3, 0.4) is 0 Å². The van der Waals surface area contributed by atoms with Gasteiger partial charge in [-0.25, -0.2) is 0 Å². The van der Waals surface area contributed by atoms with Gasteiger partial charge in [-0.1, -0.05) is 109 Å². The van der Waals surface area contributed by atoms with Crippen molar-refractivity contribution in [2.75, 3.05) is 0 Å². The Kier molecular flexibility index (Phi) is 4.15. The molecule has 0 spiro atoms. The van der Waals surface area contributed by atoms with Crippen LogP contribution >= 0.6 is 7.14 Å². The normalized spacial score (nSPS) is 16.5. The van der Waals surface area contributed by atoms with E-state index in [0.717, 1.165) is 59.8 Å². The maximum absolute atomic E-state index is 15.4. The van der Waals surface area contributed by atoms with E-state index in [1.165, 1.54) is 0 Å². The molecule has 0 bridgehead atoms. The van der Waals surface area contributed by atoms with Crippen LogP contribution in [-0.4, -0.2) is 4.98 Å². The largest absolute Gasteiger partial charge is 0.309 e. The number of hydrogen-bond donors (Lipinski definition) is 0. The van der Waals surface area contributed by atoms with E-state index in [2.05, 4.69) is 54.6 Å². The van der Waals surface area contributed by atoms with Crippen LogP contribution in [-0.2, 0) is 4.57 Å². The maximum atomic E-state index is 15.4. The molecule has 0 aliphatic carbocycles. The van der Waals surface area contributed by atoms with Crippen LogP contribution in [0.25, 0.3) is 43.9 Å². The van der Waals surface area contributed by atoms with Crippen molar-refractivity contribution in [2.24, 2.45) is 0 Å². The van der Waals surface area contributed by atoms with E-state index in [9.17, 15) is 0 Å². The Hall–Kier alpha value is -4.00. The van der Waals surface area contributed by atoms with Gasteiger partial charge in [0.2, 0.25) is 0 Å². The predicted octanol–water partition coefficient (Wildman–Crippen LogP) is 6.67. The van der Waals surface area contributed by atoms with Crippen molar-refractivity contribution in [1.82, 2.24) is 4.98 Å². The molecule has 1 aromatic heterocycles. The van der Waals surface area contributed by atoms with Gasteiger partial charge in [0.25, 0.3) is 0 Å². The monoisotopic (exact) mass is 453 g/mol. The molecule has 34 heavy (non-hydrogen) atoms. The van der Waals surface area contributed by atoms with Gasteiger partial charge in [-0.3, -0.25) is 4.98 Å². The Balaban J connectivity index is 1.80. The number of aromatic nitrogens is 1. The minimum absolute atomic E-state index is 0.856. The van der Waals surface area contributed by atoms with Gasteiger partial charge in [0.05, 0.1) is 5.52 Å². The first-order valence-electron chi connectivity index (χ1n) is 11.4. The lowest BCUT2D eigenvalue weighted by molar-refractivity contribution is 0.592. The minimum Gasteiger partial charge on any atom is -0.309 e. The van der Waals surface area contributed by atoms with Crippen LogP contribution in [0.2, 0.25) is 0 Å². The Labute approximate surface area is 197 Å². The van der Waals surface area contributed by atoms with Crippen molar-refractivity contribution < 1.29 is 4.57 Å². The van der Waals surface area contributed by atoms with Crippen molar-refractivity contribution in [2.45, 2.75) is 0 Å². The van der Waals surface area contributed by atoms with Crippen molar-refractivity contribution in [1.29, 1.82) is 0 Å². The van der Waals surface area contributed by atoms with Gasteiger partial charge in [-0.15, -0.1) is 0 Å². The van der Waals surface area contributed by atoms with Gasteiger partial charge >= 0.3 is 0 Å². The number of fused-ring (bicyclic) bond motifs is 10. The highest BCUT2D eigenvalue weighted by molar-refractivity contribution is 7.85. The van der Waals surface area contributed by atoms with E-state index >= 15 is 4.57 Å². The Morgan fingerprint density at radius 3 is 1.74 bits per heavy atom. The molecule has 1 aliphatic heterocycles. The van der Waals surface area contributed by atoms with Gasteiger partial charge in [0, 0.05) is 38.4 Å². The molecule has 7 rings (SSSR count). The Morgan fingerprint density at radius 2 is 1.03 bits per heavy atom. The van der Waals surface area contributed by atoms with Crippen LogP contribution in [0.15, 0.2) is 121 Å². The summed E-state index contributed by atoms with van der Waals surface area (Å²) in [6.07, 6.45) is 1.85. The summed E-state index contributed by atoms with van der Waals surface area (Å²) in [6.45, 7) is 0. The third-order valence-electron chi connectivity index (χ3n) is 6.92. The second-order valence-corrected chi connectivity index (χ2v) is 11.4.